The third-order valence-electron chi connectivity index (χ3n) is 5.02. The van der Waals surface area contributed by atoms with Gasteiger partial charge in [0.1, 0.15) is 0 Å². The van der Waals surface area contributed by atoms with E-state index in [1.165, 1.54) is 0 Å². The van der Waals surface area contributed by atoms with Crippen molar-refractivity contribution in [1.29, 1.82) is 0 Å². The van der Waals surface area contributed by atoms with Gasteiger partial charge in [-0.1, -0.05) is 18.2 Å². The van der Waals surface area contributed by atoms with Crippen molar-refractivity contribution in [3.05, 3.63) is 53.5 Å². The molecule has 9 heteroatoms. The summed E-state index contributed by atoms with van der Waals surface area (Å²) in [4.78, 5) is 41.5. The molecular weight excluding hydrogens is 384 g/mol. The number of fused-ring (bicyclic) bond motifs is 1. The van der Waals surface area contributed by atoms with Crippen LogP contribution >= 0.6 is 0 Å². The summed E-state index contributed by atoms with van der Waals surface area (Å²) in [6, 6.07) is 8.58. The monoisotopic (exact) mass is 405 g/mol. The summed E-state index contributed by atoms with van der Waals surface area (Å²) in [5, 5.41) is 15.5. The number of aromatic amines is 1. The molecule has 2 aromatic heterocycles. The van der Waals surface area contributed by atoms with Crippen molar-refractivity contribution in [2.75, 3.05) is 6.54 Å². The third kappa shape index (κ3) is 4.00. The van der Waals surface area contributed by atoms with Gasteiger partial charge in [0, 0.05) is 35.0 Å². The van der Waals surface area contributed by atoms with E-state index in [9.17, 15) is 14.7 Å². The van der Waals surface area contributed by atoms with Crippen molar-refractivity contribution < 1.29 is 14.7 Å². The number of hydrogen-bond donors (Lipinski definition) is 2. The molecule has 0 spiro atoms. The molecule has 3 aromatic rings. The van der Waals surface area contributed by atoms with Gasteiger partial charge >= 0.3 is 0 Å². The molecule has 1 aliphatic heterocycles. The molecule has 0 saturated carbocycles. The third-order valence-corrected chi connectivity index (χ3v) is 5.02. The van der Waals surface area contributed by atoms with Crippen molar-refractivity contribution in [2.45, 2.75) is 32.7 Å². The van der Waals surface area contributed by atoms with Gasteiger partial charge in [-0.05, 0) is 38.0 Å². The number of nitrogens with zero attached hydrogens (tertiary/aromatic N) is 4. The molecule has 1 saturated heterocycles. The lowest BCUT2D eigenvalue weighted by Gasteiger charge is -2.38. The number of aromatic nitrogens is 3. The van der Waals surface area contributed by atoms with Gasteiger partial charge in [0.25, 0.3) is 5.95 Å². The van der Waals surface area contributed by atoms with Crippen LogP contribution in [0, 0.1) is 13.8 Å². The average molecular weight is 405 g/mol. The van der Waals surface area contributed by atoms with Crippen LogP contribution in [0.4, 0.5) is 5.95 Å². The first-order chi connectivity index (χ1) is 14.4. The summed E-state index contributed by atoms with van der Waals surface area (Å²) >= 11 is 0. The van der Waals surface area contributed by atoms with Crippen LogP contribution in [0.1, 0.15) is 23.4 Å². The second kappa shape index (κ2) is 7.94. The summed E-state index contributed by atoms with van der Waals surface area (Å²) in [6.07, 6.45) is 2.25. The molecule has 0 bridgehead atoms. The Hall–Kier alpha value is -3.75. The van der Waals surface area contributed by atoms with Crippen LogP contribution in [0.15, 0.2) is 41.5 Å². The Kier molecular flexibility index (Phi) is 5.18. The van der Waals surface area contributed by atoms with Crippen LogP contribution in [-0.4, -0.2) is 50.3 Å². The van der Waals surface area contributed by atoms with Gasteiger partial charge in [-0.15, -0.1) is 0 Å². The molecule has 1 aliphatic rings. The topological polar surface area (TPSA) is 126 Å². The summed E-state index contributed by atoms with van der Waals surface area (Å²) in [5.74, 6) is -1.47. The number of carboxylic acids is 1. The molecule has 1 atom stereocenters. The SMILES string of the molecule is Cc1cc(C)nc(/N=C2\NC(=O)C[C@H](C(=O)[O-])N2CCc2c[nH]c3ccccc23)n1. The molecule has 0 radical (unpaired) electrons. The highest BCUT2D eigenvalue weighted by Crippen LogP contribution is 2.20. The van der Waals surface area contributed by atoms with E-state index >= 15 is 0 Å². The van der Waals surface area contributed by atoms with Gasteiger partial charge in [0.15, 0.2) is 0 Å². The smallest absolute Gasteiger partial charge is 0.253 e. The highest BCUT2D eigenvalue weighted by Gasteiger charge is 2.32. The maximum absolute atomic E-state index is 12.1. The number of rotatable bonds is 5. The van der Waals surface area contributed by atoms with Crippen LogP contribution < -0.4 is 10.4 Å². The summed E-state index contributed by atoms with van der Waals surface area (Å²) in [7, 11) is 0. The number of nitrogens with one attached hydrogen (secondary N) is 2. The van der Waals surface area contributed by atoms with Gasteiger partial charge in [0.05, 0.1) is 18.4 Å². The number of carbonyl (C=O) groups is 2. The average Bonchev–Trinajstić information content (AvgIpc) is 3.09. The molecule has 2 N–H and O–H groups in total. The lowest BCUT2D eigenvalue weighted by molar-refractivity contribution is -0.311. The molecule has 0 aliphatic carbocycles. The highest BCUT2D eigenvalue weighted by molar-refractivity contribution is 6.03. The highest BCUT2D eigenvalue weighted by atomic mass is 16.4. The van der Waals surface area contributed by atoms with E-state index in [4.69, 9.17) is 0 Å². The fourth-order valence-electron chi connectivity index (χ4n) is 3.68. The van der Waals surface area contributed by atoms with Crippen molar-refractivity contribution in [2.24, 2.45) is 4.99 Å². The Balaban J connectivity index is 1.66. The maximum atomic E-state index is 12.1. The number of H-pyrrole nitrogens is 1. The zero-order valence-electron chi connectivity index (χ0n) is 16.7. The Bertz CT molecular complexity index is 1130. The van der Waals surface area contributed by atoms with Crippen molar-refractivity contribution in [3.63, 3.8) is 0 Å². The molecule has 1 aromatic carbocycles. The van der Waals surface area contributed by atoms with E-state index in [0.717, 1.165) is 27.9 Å². The number of guanidine groups is 1. The Morgan fingerprint density at radius 2 is 2.00 bits per heavy atom. The second-order valence-corrected chi connectivity index (χ2v) is 7.28. The van der Waals surface area contributed by atoms with Gasteiger partial charge in [-0.3, -0.25) is 10.1 Å². The van der Waals surface area contributed by atoms with E-state index < -0.39 is 17.9 Å². The van der Waals surface area contributed by atoms with Gasteiger partial charge in [0.2, 0.25) is 11.9 Å². The van der Waals surface area contributed by atoms with Crippen LogP contribution in [-0.2, 0) is 16.0 Å². The number of hydrogen-bond acceptors (Lipinski definition) is 6. The van der Waals surface area contributed by atoms with E-state index in [1.54, 1.807) is 4.90 Å². The van der Waals surface area contributed by atoms with Crippen LogP contribution in [0.3, 0.4) is 0 Å². The number of carbonyl (C=O) groups excluding carboxylic acids is 2. The van der Waals surface area contributed by atoms with E-state index in [0.29, 0.717) is 13.0 Å². The Morgan fingerprint density at radius 3 is 2.73 bits per heavy atom. The van der Waals surface area contributed by atoms with E-state index in [2.05, 4.69) is 25.3 Å². The number of benzene rings is 1. The molecule has 4 rings (SSSR count). The van der Waals surface area contributed by atoms with E-state index in [1.807, 2.05) is 50.4 Å². The van der Waals surface area contributed by atoms with Crippen molar-refractivity contribution in [3.8, 4) is 0 Å². The lowest BCUT2D eigenvalue weighted by atomic mass is 10.1. The predicted octanol–water partition coefficient (Wildman–Crippen LogP) is 0.745. The number of aryl methyl sites for hydroxylation is 2. The quantitative estimate of drug-likeness (QED) is 0.645. The molecule has 1 amide bonds. The number of carboxylic acid groups (broad SMARTS) is 1. The molecule has 30 heavy (non-hydrogen) atoms. The Morgan fingerprint density at radius 1 is 1.27 bits per heavy atom. The Labute approximate surface area is 172 Å². The summed E-state index contributed by atoms with van der Waals surface area (Å²) < 4.78 is 0. The maximum Gasteiger partial charge on any atom is 0.253 e. The van der Waals surface area contributed by atoms with Gasteiger partial charge in [-0.2, -0.15) is 4.99 Å². The van der Waals surface area contributed by atoms with Crippen molar-refractivity contribution in [1.82, 2.24) is 25.2 Å². The molecule has 0 unspecified atom stereocenters. The largest absolute Gasteiger partial charge is 0.548 e. The molecule has 3 heterocycles. The first kappa shape index (κ1) is 19.6. The number of aliphatic carboxylic acids is 1. The standard InChI is InChI=1S/C21H22N6O3/c1-12-9-13(2)24-20(23-12)26-21-25-18(28)10-17(19(29)30)27(21)8-7-14-11-22-16-6-4-3-5-15(14)16/h3-6,9,11,17,22H,7-8,10H2,1-2H3,(H,29,30)(H,23,24,25,26,28)/p-1/t17-/m1/s1. The zero-order valence-corrected chi connectivity index (χ0v) is 16.7. The predicted molar refractivity (Wildman–Crippen MR) is 109 cm³/mol. The van der Waals surface area contributed by atoms with Crippen molar-refractivity contribution >= 4 is 34.7 Å². The van der Waals surface area contributed by atoms with E-state index in [-0.39, 0.29) is 18.3 Å². The van der Waals surface area contributed by atoms with Gasteiger partial charge in [-0.25, -0.2) is 9.97 Å². The van der Waals surface area contributed by atoms with Crippen LogP contribution in [0.2, 0.25) is 0 Å². The van der Waals surface area contributed by atoms with Crippen LogP contribution in [0.5, 0.6) is 0 Å². The zero-order chi connectivity index (χ0) is 21.3. The fraction of sp³-hybridized carbons (Fsp3) is 0.286. The first-order valence-electron chi connectivity index (χ1n) is 9.64. The number of amides is 1. The molecular formula is C21H21N6O3-. The summed E-state index contributed by atoms with van der Waals surface area (Å²) in [6.45, 7) is 3.96. The fourth-order valence-corrected chi connectivity index (χ4v) is 3.68. The van der Waals surface area contributed by atoms with Gasteiger partial charge < -0.3 is 19.8 Å². The second-order valence-electron chi connectivity index (χ2n) is 7.28. The molecule has 154 valence electrons. The number of para-hydroxylation sites is 1. The minimum absolute atomic E-state index is 0.116. The first-order valence-corrected chi connectivity index (χ1v) is 9.64. The minimum atomic E-state index is -1.32. The molecule has 1 fully saturated rings. The minimum Gasteiger partial charge on any atom is -0.548 e. The van der Waals surface area contributed by atoms with Crippen LogP contribution in [0.25, 0.3) is 10.9 Å². The summed E-state index contributed by atoms with van der Waals surface area (Å²) in [5.41, 5.74) is 3.51. The normalized spacial score (nSPS) is 18.1. The lowest BCUT2D eigenvalue weighted by Crippen LogP contribution is -2.61. The molecule has 9 nitrogen and oxygen atoms in total. The number of aliphatic imine (C=N–C) groups is 1.